The van der Waals surface area contributed by atoms with Crippen LogP contribution in [0.25, 0.3) is 0 Å². The molecule has 0 aliphatic heterocycles. The maximum atomic E-state index is 8.29. The Hall–Kier alpha value is -1.12. The zero-order chi connectivity index (χ0) is 45.4. The van der Waals surface area contributed by atoms with E-state index in [0.717, 1.165) is 30.1 Å². The van der Waals surface area contributed by atoms with Gasteiger partial charge in [-0.1, -0.05) is 102 Å². The zero-order valence-corrected chi connectivity index (χ0v) is 42.8. The molecule has 7 heteroatoms. The molecule has 0 N–H and O–H groups in total. The van der Waals surface area contributed by atoms with Crippen LogP contribution in [0.1, 0.15) is 231 Å². The van der Waals surface area contributed by atoms with E-state index in [1.165, 1.54) is 128 Å². The summed E-state index contributed by atoms with van der Waals surface area (Å²) in [5, 5.41) is 0. The van der Waals surface area contributed by atoms with E-state index >= 15 is 0 Å². The molecule has 4 aliphatic carbocycles. The summed E-state index contributed by atoms with van der Waals surface area (Å²) in [6, 6.07) is 10.8. The Morgan fingerprint density at radius 2 is 0.650 bits per heavy atom. The van der Waals surface area contributed by atoms with Crippen LogP contribution in [0.15, 0.2) is 30.3 Å². The van der Waals surface area contributed by atoms with Crippen LogP contribution in [-0.4, -0.2) is 55.2 Å². The van der Waals surface area contributed by atoms with Crippen LogP contribution in [0.2, 0.25) is 0 Å². The lowest BCUT2D eigenvalue weighted by molar-refractivity contribution is -0.0854. The topological polar surface area (TPSA) is 71.1 Å². The van der Waals surface area contributed by atoms with Gasteiger partial charge in [-0.3, -0.25) is 0 Å². The molecule has 0 aromatic heterocycles. The first-order valence-corrected chi connectivity index (χ1v) is 25.4. The molecule has 0 bridgehead atoms. The van der Waals surface area contributed by atoms with Crippen LogP contribution in [0.5, 0.6) is 0 Å². The Bertz CT molecular complexity index is 1130. The Morgan fingerprint density at radius 3 is 0.867 bits per heavy atom. The van der Waals surface area contributed by atoms with Crippen molar-refractivity contribution < 1.29 is 27.4 Å². The lowest BCUT2D eigenvalue weighted by Gasteiger charge is -2.31. The van der Waals surface area contributed by atoms with E-state index < -0.39 is 11.6 Å². The van der Waals surface area contributed by atoms with Gasteiger partial charge in [-0.25, -0.2) is 0 Å². The molecule has 1 aromatic rings. The average Bonchev–Trinajstić information content (AvgIpc) is 4.01. The fraction of sp³-hybridized carbons (Fsp3) is 0.887. The Morgan fingerprint density at radius 1 is 0.433 bits per heavy atom. The van der Waals surface area contributed by atoms with Crippen LogP contribution < -0.4 is 0 Å². The molecular weight excluding hydrogens is 765 g/mol. The van der Waals surface area contributed by atoms with E-state index in [1.54, 1.807) is 0 Å². The van der Waals surface area contributed by atoms with Crippen molar-refractivity contribution in [2.45, 2.75) is 279 Å². The second kappa shape index (κ2) is 29.3. The van der Waals surface area contributed by atoms with Crippen LogP contribution in [0.4, 0.5) is 0 Å². The minimum Gasteiger partial charge on any atom is -0.372 e. The highest BCUT2D eigenvalue weighted by atomic mass is 32.1. The second-order valence-corrected chi connectivity index (χ2v) is 22.4. The maximum Gasteiger partial charge on any atom is 0.335 e. The van der Waals surface area contributed by atoms with Crippen molar-refractivity contribution in [3.8, 4) is 0 Å². The largest absolute Gasteiger partial charge is 0.372 e. The summed E-state index contributed by atoms with van der Waals surface area (Å²) in [5.41, 5.74) is 1.45. The highest BCUT2D eigenvalue weighted by Crippen LogP contribution is 2.36. The molecule has 4 saturated carbocycles. The third kappa shape index (κ3) is 27.2. The molecular formula is C53H98O6S. The van der Waals surface area contributed by atoms with Gasteiger partial charge >= 0.3 is 11.6 Å². The van der Waals surface area contributed by atoms with Crippen molar-refractivity contribution in [2.75, 3.05) is 0 Å². The van der Waals surface area contributed by atoms with Crippen molar-refractivity contribution in [1.82, 2.24) is 0 Å². The van der Waals surface area contributed by atoms with Gasteiger partial charge in [0.15, 0.2) is 0 Å². The number of hydrogen-bond acceptors (Lipinski definition) is 6. The first-order valence-electron chi connectivity index (χ1n) is 24.7. The fourth-order valence-electron chi connectivity index (χ4n) is 9.82. The first-order chi connectivity index (χ1) is 28.0. The van der Waals surface area contributed by atoms with Crippen LogP contribution in [0, 0.1) is 23.7 Å². The average molecular weight is 863 g/mol. The van der Waals surface area contributed by atoms with Gasteiger partial charge < -0.3 is 18.9 Å². The van der Waals surface area contributed by atoms with E-state index in [4.69, 9.17) is 27.4 Å². The van der Waals surface area contributed by atoms with Crippen LogP contribution in [0.3, 0.4) is 0 Å². The van der Waals surface area contributed by atoms with E-state index in [9.17, 15) is 0 Å². The predicted molar refractivity (Wildman–Crippen MR) is 256 cm³/mol. The highest BCUT2D eigenvalue weighted by Gasteiger charge is 2.31. The monoisotopic (exact) mass is 863 g/mol. The third-order valence-electron chi connectivity index (χ3n) is 12.2. The summed E-state index contributed by atoms with van der Waals surface area (Å²) >= 11 is -0.750. The number of hydrogen-bond donors (Lipinski definition) is 0. The van der Waals surface area contributed by atoms with E-state index in [-0.39, 0.29) is 22.4 Å². The number of benzene rings is 1. The van der Waals surface area contributed by atoms with Gasteiger partial charge in [-0.2, -0.15) is 8.42 Å². The van der Waals surface area contributed by atoms with E-state index in [2.05, 4.69) is 134 Å². The van der Waals surface area contributed by atoms with Gasteiger partial charge in [0.2, 0.25) is 0 Å². The van der Waals surface area contributed by atoms with Gasteiger partial charge in [0.05, 0.1) is 46.8 Å². The molecule has 4 atom stereocenters. The molecule has 0 amide bonds. The molecule has 0 spiro atoms. The van der Waals surface area contributed by atoms with Gasteiger partial charge in [0.25, 0.3) is 0 Å². The van der Waals surface area contributed by atoms with Gasteiger partial charge in [0, 0.05) is 0 Å². The molecule has 60 heavy (non-hydrogen) atoms. The standard InChI is InChI=1S/C17H26O.3C12H24O.O2S/c1-17(2,3)18-16(15-11-7-8-12-15)13-14-9-5-4-6-10-14;3*1-5-11(13-12(2,3)4)10-8-6-7-9-10;1-3-2/h4-6,9-10,15-16H,7-8,11-13H2,1-3H3;3*10-11H,5-9H2,1-4H3;/t16-;3*11-;/m1100./s1. The number of rotatable bonds is 13. The lowest BCUT2D eigenvalue weighted by atomic mass is 9.94. The number of ether oxygens (including phenoxy) is 4. The van der Waals surface area contributed by atoms with E-state index in [0.29, 0.717) is 24.4 Å². The molecule has 0 heterocycles. The summed E-state index contributed by atoms with van der Waals surface area (Å²) in [7, 11) is 0. The fourth-order valence-corrected chi connectivity index (χ4v) is 9.82. The molecule has 0 unspecified atom stereocenters. The van der Waals surface area contributed by atoms with Crippen LogP contribution >= 0.6 is 0 Å². The van der Waals surface area contributed by atoms with Gasteiger partial charge in [0.1, 0.15) is 0 Å². The first kappa shape index (κ1) is 56.9. The van der Waals surface area contributed by atoms with Crippen molar-refractivity contribution in [2.24, 2.45) is 23.7 Å². The third-order valence-corrected chi connectivity index (χ3v) is 12.2. The van der Waals surface area contributed by atoms with Crippen molar-refractivity contribution >= 4 is 11.6 Å². The molecule has 4 aliphatic rings. The Kier molecular flexibility index (Phi) is 27.8. The van der Waals surface area contributed by atoms with E-state index in [1.807, 2.05) is 0 Å². The minimum absolute atomic E-state index is 0.0310. The molecule has 5 rings (SSSR count). The summed E-state index contributed by atoms with van der Waals surface area (Å²) in [6.07, 6.45) is 28.7. The van der Waals surface area contributed by atoms with Gasteiger partial charge in [-0.05, 0) is 189 Å². The van der Waals surface area contributed by atoms with Crippen molar-refractivity contribution in [3.05, 3.63) is 35.9 Å². The molecule has 0 saturated heterocycles. The summed E-state index contributed by atoms with van der Waals surface area (Å²) in [5.74, 6) is 3.27. The summed E-state index contributed by atoms with van der Waals surface area (Å²) in [6.45, 7) is 32.7. The normalized spacial score (nSPS) is 20.3. The molecule has 352 valence electrons. The minimum atomic E-state index is -0.750. The van der Waals surface area contributed by atoms with Crippen molar-refractivity contribution in [3.63, 3.8) is 0 Å². The van der Waals surface area contributed by atoms with Crippen molar-refractivity contribution in [1.29, 1.82) is 0 Å². The second-order valence-electron chi connectivity index (χ2n) is 22.2. The molecule has 1 aromatic carbocycles. The Balaban J connectivity index is 0.000000395. The smallest absolute Gasteiger partial charge is 0.335 e. The Labute approximate surface area is 376 Å². The SMILES string of the molecule is CC(C)(C)O[C@H](Cc1ccccc1)C1CCCC1.CC[C@@H](OC(C)(C)C)C1CCCC1.CC[C@H](OC(C)(C)C)C1CCCC1.CC[C@H](OC(C)(C)C)C1CCCC1.O=S=O. The quantitative estimate of drug-likeness (QED) is 0.197. The van der Waals surface area contributed by atoms with Crippen LogP contribution in [-0.2, 0) is 36.9 Å². The maximum absolute atomic E-state index is 8.29. The zero-order valence-electron chi connectivity index (χ0n) is 42.0. The summed E-state index contributed by atoms with van der Waals surface area (Å²) in [4.78, 5) is 0. The molecule has 6 nitrogen and oxygen atoms in total. The molecule has 4 fully saturated rings. The lowest BCUT2D eigenvalue weighted by Crippen LogP contribution is -2.33. The highest BCUT2D eigenvalue weighted by molar-refractivity contribution is 7.51. The predicted octanol–water partition coefficient (Wildman–Crippen LogP) is 15.2. The summed E-state index contributed by atoms with van der Waals surface area (Å²) < 4.78 is 41.1. The van der Waals surface area contributed by atoms with Gasteiger partial charge in [-0.15, -0.1) is 0 Å². The molecule has 0 radical (unpaired) electrons.